The summed E-state index contributed by atoms with van der Waals surface area (Å²) in [7, 11) is 0. The van der Waals surface area contributed by atoms with Gasteiger partial charge in [-0.1, -0.05) is 29.8 Å². The lowest BCUT2D eigenvalue weighted by Crippen LogP contribution is -2.19. The Hall–Kier alpha value is -1.41. The average Bonchev–Trinajstić information content (AvgIpc) is 2.45. The third-order valence-corrected chi connectivity index (χ3v) is 3.40. The van der Waals surface area contributed by atoms with Crippen LogP contribution >= 0.6 is 23.2 Å². The van der Waals surface area contributed by atoms with Crippen molar-refractivity contribution < 1.29 is 27.0 Å². The Bertz CT molecular complexity index is 582. The van der Waals surface area contributed by atoms with E-state index in [-0.39, 0.29) is 35.4 Å². The first-order valence-corrected chi connectivity index (χ1v) is 7.13. The molecule has 1 rings (SSSR count). The number of ether oxygens (including phenoxy) is 2. The molecule has 0 unspecified atom stereocenters. The van der Waals surface area contributed by atoms with Crippen molar-refractivity contribution in [3.05, 3.63) is 28.3 Å². The highest BCUT2D eigenvalue weighted by Gasteiger charge is 2.26. The van der Waals surface area contributed by atoms with Crippen molar-refractivity contribution in [2.24, 2.45) is 0 Å². The molecule has 0 radical (unpaired) electrons. The highest BCUT2D eigenvalue weighted by Crippen LogP contribution is 2.36. The number of hydrogen-bond donors (Lipinski definition) is 1. The first kappa shape index (κ1) is 19.6. The zero-order valence-electron chi connectivity index (χ0n) is 12.0. The molecule has 0 amide bonds. The molecule has 0 aliphatic heterocycles. The molecule has 1 aromatic rings. The summed E-state index contributed by atoms with van der Waals surface area (Å²) in [5.74, 6) is -1.34. The van der Waals surface area contributed by atoms with Crippen LogP contribution in [0.25, 0.3) is 0 Å². The van der Waals surface area contributed by atoms with Gasteiger partial charge in [-0.25, -0.2) is 0 Å². The quantitative estimate of drug-likeness (QED) is 0.323. The summed E-state index contributed by atoms with van der Waals surface area (Å²) in [4.78, 5) is 3.41. The van der Waals surface area contributed by atoms with E-state index in [4.69, 9.17) is 38.4 Å². The minimum absolute atomic E-state index is 0.0407. The van der Waals surface area contributed by atoms with Gasteiger partial charge in [0.05, 0.1) is 12.3 Å². The van der Waals surface area contributed by atoms with E-state index in [0.717, 1.165) is 0 Å². The van der Waals surface area contributed by atoms with Crippen LogP contribution in [0.2, 0.25) is 10.0 Å². The number of hydrogen-bond acceptors (Lipinski definition) is 4. The van der Waals surface area contributed by atoms with Crippen molar-refractivity contribution in [2.75, 3.05) is 12.3 Å². The minimum Gasteiger partial charge on any atom is -0.495 e. The maximum absolute atomic E-state index is 13.4. The van der Waals surface area contributed by atoms with Crippen molar-refractivity contribution in [3.63, 3.8) is 0 Å². The van der Waals surface area contributed by atoms with Crippen molar-refractivity contribution in [2.45, 2.75) is 32.0 Å². The van der Waals surface area contributed by atoms with Gasteiger partial charge < -0.3 is 15.2 Å². The number of nitrogens with two attached hydrogens (primary N) is 1. The zero-order chi connectivity index (χ0) is 17.8. The van der Waals surface area contributed by atoms with Crippen LogP contribution in [-0.2, 0) is 4.74 Å². The predicted octanol–water partition coefficient (Wildman–Crippen LogP) is 4.75. The Balaban J connectivity index is 2.59. The van der Waals surface area contributed by atoms with E-state index in [1.165, 1.54) is 6.92 Å². The van der Waals surface area contributed by atoms with E-state index in [1.54, 1.807) is 0 Å². The van der Waals surface area contributed by atoms with E-state index in [2.05, 4.69) is 11.6 Å². The number of alkyl halides is 3. The maximum atomic E-state index is 13.4. The molecule has 0 saturated heterocycles. The van der Waals surface area contributed by atoms with Gasteiger partial charge in [-0.15, -0.1) is 0 Å². The topological polar surface area (TPSA) is 57.4 Å². The minimum atomic E-state index is -4.25. The lowest BCUT2D eigenvalue weighted by molar-refractivity contribution is -0.137. The van der Waals surface area contributed by atoms with Gasteiger partial charge in [-0.3, -0.25) is 0 Å². The van der Waals surface area contributed by atoms with Crippen molar-refractivity contribution in [1.29, 1.82) is 0 Å². The van der Waals surface area contributed by atoms with Gasteiger partial charge in [0.1, 0.15) is 15.8 Å². The summed E-state index contributed by atoms with van der Waals surface area (Å²) in [6, 6.07) is 0. The number of anilines is 1. The van der Waals surface area contributed by atoms with Gasteiger partial charge >= 0.3 is 6.18 Å². The number of aromatic nitrogens is 1. The van der Waals surface area contributed by atoms with E-state index in [9.17, 15) is 17.6 Å². The summed E-state index contributed by atoms with van der Waals surface area (Å²) < 4.78 is 59.7. The Morgan fingerprint density at radius 1 is 1.35 bits per heavy atom. The molecule has 23 heavy (non-hydrogen) atoms. The summed E-state index contributed by atoms with van der Waals surface area (Å²) in [5, 5.41) is -0.620. The van der Waals surface area contributed by atoms with Crippen LogP contribution in [0.5, 0.6) is 5.88 Å². The van der Waals surface area contributed by atoms with Crippen molar-refractivity contribution in [1.82, 2.24) is 4.98 Å². The summed E-state index contributed by atoms with van der Waals surface area (Å²) in [6.45, 7) is 4.82. The SMILES string of the molecule is C=C(OCCCC(F)(F)F)[C@@H](C)Oc1nc(F)c(Cl)c(N)c1Cl. The van der Waals surface area contributed by atoms with Gasteiger partial charge in [-0.05, 0) is 13.3 Å². The number of nitrogens with zero attached hydrogens (tertiary/aromatic N) is 1. The Labute approximate surface area is 140 Å². The Morgan fingerprint density at radius 2 is 1.96 bits per heavy atom. The third-order valence-electron chi connectivity index (χ3n) is 2.68. The monoisotopic (exact) mass is 376 g/mol. The molecule has 0 aromatic carbocycles. The van der Waals surface area contributed by atoms with Crippen molar-refractivity contribution in [3.8, 4) is 5.88 Å². The van der Waals surface area contributed by atoms with Crippen LogP contribution in [0.1, 0.15) is 19.8 Å². The molecule has 10 heteroatoms. The maximum Gasteiger partial charge on any atom is 0.389 e. The predicted molar refractivity (Wildman–Crippen MR) is 79.1 cm³/mol. The average molecular weight is 377 g/mol. The molecule has 0 spiro atoms. The largest absolute Gasteiger partial charge is 0.495 e. The molecule has 0 aliphatic rings. The molecule has 0 fully saturated rings. The Kier molecular flexibility index (Phi) is 6.76. The summed E-state index contributed by atoms with van der Waals surface area (Å²) >= 11 is 11.4. The smallest absolute Gasteiger partial charge is 0.389 e. The fraction of sp³-hybridized carbons (Fsp3) is 0.462. The molecular formula is C13H14Cl2F4N2O2. The number of rotatable bonds is 7. The zero-order valence-corrected chi connectivity index (χ0v) is 13.5. The van der Waals surface area contributed by atoms with Gasteiger partial charge in [0.15, 0.2) is 6.10 Å². The molecule has 2 N–H and O–H groups in total. The first-order valence-electron chi connectivity index (χ1n) is 6.38. The van der Waals surface area contributed by atoms with Crippen LogP contribution in [0.3, 0.4) is 0 Å². The molecule has 0 saturated carbocycles. The molecule has 0 aliphatic carbocycles. The molecule has 1 aromatic heterocycles. The highest BCUT2D eigenvalue weighted by molar-refractivity contribution is 6.39. The molecular weight excluding hydrogens is 363 g/mol. The van der Waals surface area contributed by atoms with Crippen molar-refractivity contribution >= 4 is 28.9 Å². The fourth-order valence-electron chi connectivity index (χ4n) is 1.41. The van der Waals surface area contributed by atoms with Gasteiger partial charge in [0.2, 0.25) is 11.8 Å². The van der Waals surface area contributed by atoms with Crippen LogP contribution in [0.15, 0.2) is 12.3 Å². The summed E-state index contributed by atoms with van der Waals surface area (Å²) in [6.07, 6.45) is -6.29. The second kappa shape index (κ2) is 7.92. The van der Waals surface area contributed by atoms with E-state index in [1.807, 2.05) is 0 Å². The van der Waals surface area contributed by atoms with E-state index in [0.29, 0.717) is 0 Å². The van der Waals surface area contributed by atoms with Crippen LogP contribution in [0, 0.1) is 5.95 Å². The number of pyridine rings is 1. The van der Waals surface area contributed by atoms with E-state index < -0.39 is 29.7 Å². The van der Waals surface area contributed by atoms with Crippen LogP contribution < -0.4 is 10.5 Å². The lowest BCUT2D eigenvalue weighted by atomic mass is 10.3. The normalized spacial score (nSPS) is 12.8. The third kappa shape index (κ3) is 5.95. The van der Waals surface area contributed by atoms with E-state index >= 15 is 0 Å². The van der Waals surface area contributed by atoms with Gasteiger partial charge in [0.25, 0.3) is 0 Å². The summed E-state index contributed by atoms with van der Waals surface area (Å²) in [5.41, 5.74) is 5.25. The molecule has 4 nitrogen and oxygen atoms in total. The second-order valence-corrected chi connectivity index (χ2v) is 5.30. The highest BCUT2D eigenvalue weighted by atomic mass is 35.5. The molecule has 1 atom stereocenters. The lowest BCUT2D eigenvalue weighted by Gasteiger charge is -2.19. The van der Waals surface area contributed by atoms with Gasteiger partial charge in [0, 0.05) is 6.42 Å². The second-order valence-electron chi connectivity index (χ2n) is 4.54. The van der Waals surface area contributed by atoms with Crippen LogP contribution in [0.4, 0.5) is 23.2 Å². The number of halogens is 6. The van der Waals surface area contributed by atoms with Gasteiger partial charge in [-0.2, -0.15) is 22.5 Å². The standard InChI is InChI=1S/C13H14Cl2F4N2O2/c1-6(22-5-3-4-13(17,18)19)7(2)23-12-9(15)10(20)8(14)11(16)21-12/h7H,1,3-5H2,2H3,(H2,20,21)/t7-/m1/s1. The molecule has 0 bridgehead atoms. The first-order chi connectivity index (χ1) is 10.5. The molecule has 130 valence electrons. The molecule has 1 heterocycles. The fourth-order valence-corrected chi connectivity index (χ4v) is 1.78. The Morgan fingerprint density at radius 3 is 2.52 bits per heavy atom. The number of nitrogen functional groups attached to an aromatic ring is 1. The van der Waals surface area contributed by atoms with Crippen LogP contribution in [-0.4, -0.2) is 23.9 Å².